The van der Waals surface area contributed by atoms with Crippen molar-refractivity contribution in [1.82, 2.24) is 10.3 Å². The SMILES string of the molecule is CC(C)NC(C)C(C)Cc1nc(-c2ccccc2)cs1. The van der Waals surface area contributed by atoms with Gasteiger partial charge >= 0.3 is 0 Å². The first-order valence-electron chi connectivity index (χ1n) is 7.32. The molecule has 2 atom stereocenters. The first kappa shape index (κ1) is 15.2. The van der Waals surface area contributed by atoms with E-state index in [1.165, 1.54) is 10.6 Å². The minimum atomic E-state index is 0.513. The van der Waals surface area contributed by atoms with Gasteiger partial charge < -0.3 is 5.32 Å². The third kappa shape index (κ3) is 4.15. The summed E-state index contributed by atoms with van der Waals surface area (Å²) >= 11 is 1.77. The van der Waals surface area contributed by atoms with Crippen LogP contribution in [0.5, 0.6) is 0 Å². The summed E-state index contributed by atoms with van der Waals surface area (Å²) in [5.41, 5.74) is 2.30. The Kier molecular flexibility index (Phi) is 5.32. The van der Waals surface area contributed by atoms with Gasteiger partial charge in [0.05, 0.1) is 10.7 Å². The van der Waals surface area contributed by atoms with Gasteiger partial charge in [0.2, 0.25) is 0 Å². The first-order chi connectivity index (χ1) is 9.56. The van der Waals surface area contributed by atoms with E-state index in [0.29, 0.717) is 18.0 Å². The zero-order chi connectivity index (χ0) is 14.5. The number of hydrogen-bond donors (Lipinski definition) is 1. The van der Waals surface area contributed by atoms with Crippen LogP contribution in [-0.2, 0) is 6.42 Å². The number of thiazole rings is 1. The van der Waals surface area contributed by atoms with E-state index in [1.54, 1.807) is 11.3 Å². The second-order valence-electron chi connectivity index (χ2n) is 5.78. The van der Waals surface area contributed by atoms with E-state index in [0.717, 1.165) is 12.1 Å². The molecular formula is C17H24N2S. The van der Waals surface area contributed by atoms with Crippen LogP contribution in [0.2, 0.25) is 0 Å². The third-order valence-electron chi connectivity index (χ3n) is 3.57. The summed E-state index contributed by atoms with van der Waals surface area (Å²) in [6, 6.07) is 11.4. The summed E-state index contributed by atoms with van der Waals surface area (Å²) in [7, 11) is 0. The molecule has 3 heteroatoms. The summed E-state index contributed by atoms with van der Waals surface area (Å²) in [5.74, 6) is 0.590. The van der Waals surface area contributed by atoms with Crippen LogP contribution in [0.4, 0.5) is 0 Å². The molecule has 2 rings (SSSR count). The molecule has 2 unspecified atom stereocenters. The molecule has 108 valence electrons. The number of rotatable bonds is 6. The second-order valence-corrected chi connectivity index (χ2v) is 6.73. The monoisotopic (exact) mass is 288 g/mol. The van der Waals surface area contributed by atoms with Gasteiger partial charge in [-0.3, -0.25) is 0 Å². The van der Waals surface area contributed by atoms with Gasteiger partial charge in [-0.15, -0.1) is 11.3 Å². The largest absolute Gasteiger partial charge is 0.312 e. The van der Waals surface area contributed by atoms with Crippen molar-refractivity contribution in [2.45, 2.75) is 46.2 Å². The van der Waals surface area contributed by atoms with Crippen LogP contribution < -0.4 is 5.32 Å². The zero-order valence-corrected chi connectivity index (χ0v) is 13.6. The lowest BCUT2D eigenvalue weighted by atomic mass is 9.99. The molecule has 1 N–H and O–H groups in total. The Morgan fingerprint density at radius 3 is 2.45 bits per heavy atom. The van der Waals surface area contributed by atoms with Crippen LogP contribution in [0.25, 0.3) is 11.3 Å². The maximum Gasteiger partial charge on any atom is 0.0935 e. The van der Waals surface area contributed by atoms with E-state index in [1.807, 2.05) is 6.07 Å². The molecular weight excluding hydrogens is 264 g/mol. The lowest BCUT2D eigenvalue weighted by Gasteiger charge is -2.22. The van der Waals surface area contributed by atoms with Gasteiger partial charge in [-0.2, -0.15) is 0 Å². The van der Waals surface area contributed by atoms with Crippen molar-refractivity contribution in [3.05, 3.63) is 40.7 Å². The molecule has 1 aromatic heterocycles. The molecule has 2 aromatic rings. The molecule has 0 radical (unpaired) electrons. The quantitative estimate of drug-likeness (QED) is 0.853. The lowest BCUT2D eigenvalue weighted by molar-refractivity contribution is 0.372. The fraction of sp³-hybridized carbons (Fsp3) is 0.471. The lowest BCUT2D eigenvalue weighted by Crippen LogP contribution is -2.37. The normalized spacial score (nSPS) is 14.4. The number of nitrogens with one attached hydrogen (secondary N) is 1. The van der Waals surface area contributed by atoms with Crippen molar-refractivity contribution in [2.75, 3.05) is 0 Å². The highest BCUT2D eigenvalue weighted by Gasteiger charge is 2.15. The maximum absolute atomic E-state index is 4.77. The standard InChI is InChI=1S/C17H24N2S/c1-12(2)18-14(4)13(3)10-17-19-16(11-20-17)15-8-6-5-7-9-15/h5-9,11-14,18H,10H2,1-4H3. The van der Waals surface area contributed by atoms with Crippen molar-refractivity contribution in [3.63, 3.8) is 0 Å². The summed E-state index contributed by atoms with van der Waals surface area (Å²) in [5, 5.41) is 6.97. The summed E-state index contributed by atoms with van der Waals surface area (Å²) in [6.45, 7) is 8.94. The van der Waals surface area contributed by atoms with E-state index >= 15 is 0 Å². The highest BCUT2D eigenvalue weighted by Crippen LogP contribution is 2.23. The second kappa shape index (κ2) is 7.00. The van der Waals surface area contributed by atoms with Crippen molar-refractivity contribution in [1.29, 1.82) is 0 Å². The highest BCUT2D eigenvalue weighted by atomic mass is 32.1. The summed E-state index contributed by atoms with van der Waals surface area (Å²) in [6.07, 6.45) is 1.04. The van der Waals surface area contributed by atoms with Gasteiger partial charge in [0, 0.05) is 29.4 Å². The molecule has 0 amide bonds. The predicted octanol–water partition coefficient (Wildman–Crippen LogP) is 4.38. The van der Waals surface area contributed by atoms with Crippen molar-refractivity contribution >= 4 is 11.3 Å². The fourth-order valence-corrected chi connectivity index (χ4v) is 3.24. The summed E-state index contributed by atoms with van der Waals surface area (Å²) in [4.78, 5) is 4.77. The number of hydrogen-bond acceptors (Lipinski definition) is 3. The Labute approximate surface area is 126 Å². The topological polar surface area (TPSA) is 24.9 Å². The Bertz CT molecular complexity index is 519. The molecule has 2 nitrogen and oxygen atoms in total. The Balaban J connectivity index is 1.99. The Morgan fingerprint density at radius 1 is 1.10 bits per heavy atom. The predicted molar refractivity (Wildman–Crippen MR) is 88.2 cm³/mol. The molecule has 20 heavy (non-hydrogen) atoms. The van der Waals surface area contributed by atoms with Crippen molar-refractivity contribution in [2.24, 2.45) is 5.92 Å². The Hall–Kier alpha value is -1.19. The van der Waals surface area contributed by atoms with E-state index in [9.17, 15) is 0 Å². The van der Waals surface area contributed by atoms with Gasteiger partial charge in [0.15, 0.2) is 0 Å². The van der Waals surface area contributed by atoms with Crippen LogP contribution in [0.1, 0.15) is 32.7 Å². The first-order valence-corrected chi connectivity index (χ1v) is 8.20. The molecule has 0 aliphatic heterocycles. The van der Waals surface area contributed by atoms with E-state index in [2.05, 4.69) is 62.7 Å². The van der Waals surface area contributed by atoms with E-state index in [4.69, 9.17) is 4.98 Å². The van der Waals surface area contributed by atoms with Gasteiger partial charge in [-0.25, -0.2) is 4.98 Å². The molecule has 0 bridgehead atoms. The molecule has 0 aliphatic rings. The van der Waals surface area contributed by atoms with E-state index in [-0.39, 0.29) is 0 Å². The highest BCUT2D eigenvalue weighted by molar-refractivity contribution is 7.09. The van der Waals surface area contributed by atoms with Crippen molar-refractivity contribution < 1.29 is 0 Å². The molecule has 0 saturated carbocycles. The van der Waals surface area contributed by atoms with Gasteiger partial charge in [-0.05, 0) is 12.8 Å². The molecule has 1 heterocycles. The zero-order valence-electron chi connectivity index (χ0n) is 12.8. The number of nitrogens with zero attached hydrogens (tertiary/aromatic N) is 1. The average molecular weight is 288 g/mol. The fourth-order valence-electron chi connectivity index (χ4n) is 2.29. The van der Waals surface area contributed by atoms with Crippen LogP contribution in [0.3, 0.4) is 0 Å². The number of aromatic nitrogens is 1. The van der Waals surface area contributed by atoms with Crippen LogP contribution >= 0.6 is 11.3 Å². The van der Waals surface area contributed by atoms with Gasteiger partial charge in [-0.1, -0.05) is 51.1 Å². The molecule has 1 aromatic carbocycles. The smallest absolute Gasteiger partial charge is 0.0935 e. The Morgan fingerprint density at radius 2 is 1.80 bits per heavy atom. The minimum absolute atomic E-state index is 0.513. The molecule has 0 spiro atoms. The molecule has 0 saturated heterocycles. The maximum atomic E-state index is 4.77. The third-order valence-corrected chi connectivity index (χ3v) is 4.44. The molecule has 0 aliphatic carbocycles. The van der Waals surface area contributed by atoms with Crippen molar-refractivity contribution in [3.8, 4) is 11.3 Å². The summed E-state index contributed by atoms with van der Waals surface area (Å²) < 4.78 is 0. The van der Waals surface area contributed by atoms with Crippen LogP contribution in [-0.4, -0.2) is 17.1 Å². The van der Waals surface area contributed by atoms with Gasteiger partial charge in [0.1, 0.15) is 0 Å². The van der Waals surface area contributed by atoms with E-state index < -0.39 is 0 Å². The number of benzene rings is 1. The minimum Gasteiger partial charge on any atom is -0.312 e. The van der Waals surface area contributed by atoms with Crippen LogP contribution in [0.15, 0.2) is 35.7 Å². The average Bonchev–Trinajstić information content (AvgIpc) is 2.87. The van der Waals surface area contributed by atoms with Gasteiger partial charge in [0.25, 0.3) is 0 Å². The van der Waals surface area contributed by atoms with Crippen LogP contribution in [0, 0.1) is 5.92 Å². The molecule has 0 fully saturated rings.